The Bertz CT molecular complexity index is 816. The van der Waals surface area contributed by atoms with E-state index in [1.54, 1.807) is 6.07 Å². The van der Waals surface area contributed by atoms with Crippen LogP contribution in [0.5, 0.6) is 0 Å². The molecule has 96 valence electrons. The van der Waals surface area contributed by atoms with Gasteiger partial charge >= 0.3 is 0 Å². The van der Waals surface area contributed by atoms with Gasteiger partial charge in [-0.2, -0.15) is 5.26 Å². The molecule has 0 spiro atoms. The molecule has 0 unspecified atom stereocenters. The summed E-state index contributed by atoms with van der Waals surface area (Å²) < 4.78 is 0. The number of nitrogens with zero attached hydrogens (tertiary/aromatic N) is 2. The highest BCUT2D eigenvalue weighted by Crippen LogP contribution is 2.26. The van der Waals surface area contributed by atoms with E-state index in [2.05, 4.69) is 16.4 Å². The zero-order valence-electron chi connectivity index (χ0n) is 10.5. The molecule has 3 rings (SSSR count). The average molecular weight is 280 g/mol. The summed E-state index contributed by atoms with van der Waals surface area (Å²) in [5, 5.41) is 14.7. The molecular weight excluding hydrogens is 270 g/mol. The molecule has 0 saturated heterocycles. The molecule has 2 aromatic carbocycles. The number of nitrogens with one attached hydrogen (secondary N) is 1. The molecule has 0 fully saturated rings. The van der Waals surface area contributed by atoms with Gasteiger partial charge in [0.1, 0.15) is 11.0 Å². The van der Waals surface area contributed by atoms with E-state index in [1.165, 1.54) is 6.07 Å². The zero-order valence-corrected chi connectivity index (χ0v) is 11.2. The van der Waals surface area contributed by atoms with Gasteiger partial charge in [0, 0.05) is 11.1 Å². The van der Waals surface area contributed by atoms with Crippen molar-refractivity contribution < 1.29 is 0 Å². The Kier molecular flexibility index (Phi) is 3.24. The average Bonchev–Trinajstić information content (AvgIpc) is 2.47. The first-order valence-corrected chi connectivity index (χ1v) is 6.46. The van der Waals surface area contributed by atoms with E-state index in [1.807, 2.05) is 42.5 Å². The van der Waals surface area contributed by atoms with Crippen molar-refractivity contribution in [3.8, 4) is 6.07 Å². The smallest absolute Gasteiger partial charge is 0.133 e. The highest BCUT2D eigenvalue weighted by Gasteiger charge is 2.04. The lowest BCUT2D eigenvalue weighted by Gasteiger charge is -2.09. The van der Waals surface area contributed by atoms with Crippen molar-refractivity contribution in [1.82, 2.24) is 4.98 Å². The summed E-state index contributed by atoms with van der Waals surface area (Å²) in [6.45, 7) is 0. The molecule has 1 heterocycles. The van der Waals surface area contributed by atoms with Crippen LogP contribution in [0.15, 0.2) is 54.6 Å². The van der Waals surface area contributed by atoms with Crippen LogP contribution in [0.2, 0.25) is 5.15 Å². The van der Waals surface area contributed by atoms with Gasteiger partial charge in [-0.3, -0.25) is 0 Å². The molecule has 1 N–H and O–H groups in total. The van der Waals surface area contributed by atoms with Crippen molar-refractivity contribution in [2.75, 3.05) is 5.32 Å². The van der Waals surface area contributed by atoms with Gasteiger partial charge < -0.3 is 5.32 Å². The fourth-order valence-corrected chi connectivity index (χ4v) is 2.31. The third-order valence-electron chi connectivity index (χ3n) is 2.98. The summed E-state index contributed by atoms with van der Waals surface area (Å²) in [6, 6.07) is 19.3. The fourth-order valence-electron chi connectivity index (χ4n) is 2.10. The predicted octanol–water partition coefficient (Wildman–Crippen LogP) is 4.50. The first-order chi connectivity index (χ1) is 9.76. The lowest BCUT2D eigenvalue weighted by atomic mass is 10.1. The molecule has 0 aliphatic carbocycles. The third kappa shape index (κ3) is 2.42. The number of hydrogen-bond acceptors (Lipinski definition) is 3. The number of anilines is 2. The molecule has 3 nitrogen and oxygen atoms in total. The maximum atomic E-state index is 8.96. The first-order valence-electron chi connectivity index (χ1n) is 6.09. The lowest BCUT2D eigenvalue weighted by molar-refractivity contribution is 1.30. The minimum atomic E-state index is 0.298. The number of hydrogen-bond donors (Lipinski definition) is 1. The van der Waals surface area contributed by atoms with Crippen LogP contribution in [-0.4, -0.2) is 4.98 Å². The van der Waals surface area contributed by atoms with Gasteiger partial charge in [0.15, 0.2) is 0 Å². The molecule has 0 atom stereocenters. The van der Waals surface area contributed by atoms with Crippen LogP contribution in [0.4, 0.5) is 11.5 Å². The fraction of sp³-hybridized carbons (Fsp3) is 0. The second-order valence-corrected chi connectivity index (χ2v) is 4.71. The van der Waals surface area contributed by atoms with Crippen molar-refractivity contribution in [3.05, 3.63) is 65.3 Å². The Morgan fingerprint density at radius 1 is 1.05 bits per heavy atom. The van der Waals surface area contributed by atoms with E-state index in [4.69, 9.17) is 16.9 Å². The van der Waals surface area contributed by atoms with Crippen LogP contribution in [0.25, 0.3) is 10.8 Å². The van der Waals surface area contributed by atoms with Gasteiger partial charge in [0.05, 0.1) is 11.6 Å². The number of fused-ring (bicyclic) bond motifs is 1. The van der Waals surface area contributed by atoms with Crippen molar-refractivity contribution in [2.24, 2.45) is 0 Å². The van der Waals surface area contributed by atoms with E-state index in [0.717, 1.165) is 16.5 Å². The third-order valence-corrected chi connectivity index (χ3v) is 3.17. The molecule has 1 aromatic heterocycles. The van der Waals surface area contributed by atoms with Crippen molar-refractivity contribution in [2.45, 2.75) is 0 Å². The first kappa shape index (κ1) is 12.5. The van der Waals surface area contributed by atoms with Crippen molar-refractivity contribution in [1.29, 1.82) is 5.26 Å². The monoisotopic (exact) mass is 279 g/mol. The highest BCUT2D eigenvalue weighted by atomic mass is 35.5. The Balaban J connectivity index is 2.06. The van der Waals surface area contributed by atoms with Gasteiger partial charge in [-0.15, -0.1) is 0 Å². The maximum Gasteiger partial charge on any atom is 0.133 e. The predicted molar refractivity (Wildman–Crippen MR) is 81.2 cm³/mol. The van der Waals surface area contributed by atoms with E-state index >= 15 is 0 Å². The molecule has 0 amide bonds. The number of halogens is 1. The lowest BCUT2D eigenvalue weighted by Crippen LogP contribution is -1.95. The zero-order chi connectivity index (χ0) is 13.9. The minimum absolute atomic E-state index is 0.298. The second kappa shape index (κ2) is 5.20. The Morgan fingerprint density at radius 2 is 1.85 bits per heavy atom. The summed E-state index contributed by atoms with van der Waals surface area (Å²) >= 11 is 5.91. The van der Waals surface area contributed by atoms with Gasteiger partial charge in [-0.1, -0.05) is 48.0 Å². The summed E-state index contributed by atoms with van der Waals surface area (Å²) in [5.74, 6) is 0.561. The quantitative estimate of drug-likeness (QED) is 0.703. The Hall–Kier alpha value is -2.57. The number of pyridine rings is 1. The second-order valence-electron chi connectivity index (χ2n) is 4.33. The van der Waals surface area contributed by atoms with E-state index < -0.39 is 0 Å². The molecule has 3 aromatic rings. The number of rotatable bonds is 2. The molecule has 20 heavy (non-hydrogen) atoms. The molecule has 0 bridgehead atoms. The molecule has 0 aliphatic rings. The van der Waals surface area contributed by atoms with Crippen LogP contribution < -0.4 is 5.32 Å². The van der Waals surface area contributed by atoms with Crippen LogP contribution in [0, 0.1) is 11.3 Å². The highest BCUT2D eigenvalue weighted by molar-refractivity contribution is 6.29. The van der Waals surface area contributed by atoms with Gasteiger partial charge in [-0.05, 0) is 23.6 Å². The van der Waals surface area contributed by atoms with Gasteiger partial charge in [0.2, 0.25) is 0 Å². The molecule has 0 aliphatic heterocycles. The number of benzene rings is 2. The largest absolute Gasteiger partial charge is 0.340 e. The summed E-state index contributed by atoms with van der Waals surface area (Å²) in [4.78, 5) is 4.19. The SMILES string of the molecule is N#Cc1cc(Cl)nc(Nc2cccc3ccccc23)c1. The normalized spacial score (nSPS) is 10.2. The molecule has 0 saturated carbocycles. The molecule has 0 radical (unpaired) electrons. The minimum Gasteiger partial charge on any atom is -0.340 e. The standard InChI is InChI=1S/C16H10ClN3/c17-15-8-11(10-18)9-16(20-15)19-14-7-3-5-12-4-1-2-6-13(12)14/h1-9H,(H,19,20). The molecule has 4 heteroatoms. The van der Waals surface area contributed by atoms with Gasteiger partial charge in [0.25, 0.3) is 0 Å². The topological polar surface area (TPSA) is 48.7 Å². The van der Waals surface area contributed by atoms with E-state index in [0.29, 0.717) is 16.5 Å². The van der Waals surface area contributed by atoms with Crippen molar-refractivity contribution in [3.63, 3.8) is 0 Å². The Labute approximate surface area is 121 Å². The summed E-state index contributed by atoms with van der Waals surface area (Å²) in [5.41, 5.74) is 1.41. The Morgan fingerprint density at radius 3 is 2.70 bits per heavy atom. The maximum absolute atomic E-state index is 8.96. The summed E-state index contributed by atoms with van der Waals surface area (Å²) in [6.07, 6.45) is 0. The molecular formula is C16H10ClN3. The van der Waals surface area contributed by atoms with E-state index in [-0.39, 0.29) is 0 Å². The van der Waals surface area contributed by atoms with Gasteiger partial charge in [-0.25, -0.2) is 4.98 Å². The van der Waals surface area contributed by atoms with Crippen LogP contribution in [-0.2, 0) is 0 Å². The van der Waals surface area contributed by atoms with Crippen LogP contribution in [0.3, 0.4) is 0 Å². The van der Waals surface area contributed by atoms with E-state index in [9.17, 15) is 0 Å². The van der Waals surface area contributed by atoms with Crippen LogP contribution in [0.1, 0.15) is 5.56 Å². The number of aromatic nitrogens is 1. The number of nitriles is 1. The van der Waals surface area contributed by atoms with Crippen LogP contribution >= 0.6 is 11.6 Å². The van der Waals surface area contributed by atoms with Crippen molar-refractivity contribution >= 4 is 33.9 Å². The summed E-state index contributed by atoms with van der Waals surface area (Å²) in [7, 11) is 0.